The van der Waals surface area contributed by atoms with Crippen molar-refractivity contribution in [3.63, 3.8) is 0 Å². The second-order valence-electron chi connectivity index (χ2n) is 8.12. The lowest BCUT2D eigenvalue weighted by molar-refractivity contribution is -0.121. The van der Waals surface area contributed by atoms with Gasteiger partial charge in [-0.15, -0.1) is 0 Å². The first kappa shape index (κ1) is 19.3. The van der Waals surface area contributed by atoms with E-state index in [-0.39, 0.29) is 17.7 Å². The monoisotopic (exact) mass is 412 g/mol. The lowest BCUT2D eigenvalue weighted by Crippen LogP contribution is -2.36. The van der Waals surface area contributed by atoms with Crippen LogP contribution >= 0.6 is 0 Å². The summed E-state index contributed by atoms with van der Waals surface area (Å²) in [6, 6.07) is 15.7. The molecular weight excluding hydrogens is 388 g/mol. The quantitative estimate of drug-likeness (QED) is 0.675. The fourth-order valence-electron chi connectivity index (χ4n) is 4.34. The average molecular weight is 412 g/mol. The molecule has 0 radical (unpaired) electrons. The number of nitrogens with one attached hydrogen (secondary N) is 2. The first-order valence-corrected chi connectivity index (χ1v) is 10.5. The van der Waals surface area contributed by atoms with Crippen LogP contribution in [0.3, 0.4) is 0 Å². The van der Waals surface area contributed by atoms with E-state index < -0.39 is 0 Å². The Hall–Kier alpha value is -3.67. The van der Waals surface area contributed by atoms with Crippen molar-refractivity contribution in [2.45, 2.75) is 26.4 Å². The number of pyridine rings is 1. The molecule has 2 N–H and O–H groups in total. The lowest BCUT2D eigenvalue weighted by Gasteiger charge is -2.28. The van der Waals surface area contributed by atoms with E-state index in [0.717, 1.165) is 40.0 Å². The lowest BCUT2D eigenvalue weighted by atomic mass is 10.0. The number of nitrogens with zero attached hydrogens (tertiary/aromatic N) is 2. The van der Waals surface area contributed by atoms with Gasteiger partial charge in [-0.2, -0.15) is 0 Å². The number of fused-ring (bicyclic) bond motifs is 1. The van der Waals surface area contributed by atoms with Crippen LogP contribution in [0.5, 0.6) is 0 Å². The van der Waals surface area contributed by atoms with Crippen LogP contribution in [0.2, 0.25) is 0 Å². The van der Waals surface area contributed by atoms with E-state index in [0.29, 0.717) is 25.3 Å². The van der Waals surface area contributed by atoms with Crippen LogP contribution in [-0.4, -0.2) is 33.2 Å². The second-order valence-corrected chi connectivity index (χ2v) is 8.12. The predicted octanol–water partition coefficient (Wildman–Crippen LogP) is 3.33. The van der Waals surface area contributed by atoms with E-state index in [1.807, 2.05) is 54.4 Å². The number of carbonyl (C=O) groups excluding carboxylic acids is 2. The number of benzene rings is 1. The molecule has 0 saturated heterocycles. The first-order chi connectivity index (χ1) is 15.1. The van der Waals surface area contributed by atoms with Gasteiger partial charge in [-0.05, 0) is 47.4 Å². The van der Waals surface area contributed by atoms with E-state index in [1.54, 1.807) is 12.3 Å². The van der Waals surface area contributed by atoms with Crippen LogP contribution < -0.4 is 5.32 Å². The minimum absolute atomic E-state index is 0.00178. The normalized spacial score (nSPS) is 17.3. The Bertz CT molecular complexity index is 1170. The Labute approximate surface area is 181 Å². The summed E-state index contributed by atoms with van der Waals surface area (Å²) < 4.78 is 0. The van der Waals surface area contributed by atoms with Crippen molar-refractivity contribution in [2.24, 2.45) is 5.92 Å². The van der Waals surface area contributed by atoms with E-state index in [4.69, 9.17) is 0 Å². The van der Waals surface area contributed by atoms with Gasteiger partial charge < -0.3 is 15.2 Å². The summed E-state index contributed by atoms with van der Waals surface area (Å²) in [6.07, 6.45) is 4.32. The summed E-state index contributed by atoms with van der Waals surface area (Å²) in [5, 5.41) is 3.05. The van der Waals surface area contributed by atoms with Gasteiger partial charge in [0.15, 0.2) is 0 Å². The fourth-order valence-corrected chi connectivity index (χ4v) is 4.34. The van der Waals surface area contributed by atoms with Gasteiger partial charge in [0.2, 0.25) is 5.91 Å². The molecular formula is C25H24N4O2. The number of hydrogen-bond donors (Lipinski definition) is 2. The number of carbonyl (C=O) groups is 2. The fraction of sp³-hybridized carbons (Fsp3) is 0.240. The summed E-state index contributed by atoms with van der Waals surface area (Å²) in [6.45, 7) is 3.63. The van der Waals surface area contributed by atoms with E-state index in [1.165, 1.54) is 0 Å². The number of H-pyrrole nitrogens is 1. The molecule has 0 spiro atoms. The first-order valence-electron chi connectivity index (χ1n) is 10.5. The Morgan fingerprint density at radius 2 is 2.03 bits per heavy atom. The van der Waals surface area contributed by atoms with Crippen molar-refractivity contribution in [3.8, 4) is 0 Å². The minimum Gasteiger partial charge on any atom is -0.357 e. The van der Waals surface area contributed by atoms with Crippen molar-refractivity contribution >= 4 is 17.4 Å². The summed E-state index contributed by atoms with van der Waals surface area (Å²) in [5.74, 6) is -0.113. The maximum atomic E-state index is 12.7. The molecule has 1 unspecified atom stereocenters. The predicted molar refractivity (Wildman–Crippen MR) is 118 cm³/mol. The van der Waals surface area contributed by atoms with E-state index in [9.17, 15) is 9.59 Å². The van der Waals surface area contributed by atoms with Gasteiger partial charge in [0.25, 0.3) is 5.91 Å². The average Bonchev–Trinajstić information content (AvgIpc) is 3.20. The largest absolute Gasteiger partial charge is 0.357 e. The Morgan fingerprint density at radius 3 is 2.81 bits per heavy atom. The maximum Gasteiger partial charge on any atom is 0.270 e. The highest BCUT2D eigenvalue weighted by Gasteiger charge is 2.39. The molecule has 0 bridgehead atoms. The molecule has 1 aromatic carbocycles. The highest BCUT2D eigenvalue weighted by Crippen LogP contribution is 2.46. The number of rotatable bonds is 5. The standard InChI is InChI=1S/C25H24N4O2/c1-16-22(18-6-3-2-4-7-18)23(16)24(30)28-14-17-12-19-15-29(11-9-20(19)27-13-17)25(31)21-8-5-10-26-21/h2-8,10,12-13,23,26H,9,11,14-15H2,1H3,(H,28,30). The molecule has 2 amide bonds. The summed E-state index contributed by atoms with van der Waals surface area (Å²) in [7, 11) is 0. The molecule has 2 aromatic heterocycles. The van der Waals surface area contributed by atoms with Gasteiger partial charge in [-0.3, -0.25) is 14.6 Å². The number of aromatic amines is 1. The molecule has 1 aliphatic heterocycles. The van der Waals surface area contributed by atoms with Crippen LogP contribution in [0.15, 0.2) is 66.5 Å². The zero-order chi connectivity index (χ0) is 21.4. The molecule has 3 heterocycles. The number of hydrogen-bond acceptors (Lipinski definition) is 3. The minimum atomic E-state index is -0.137. The van der Waals surface area contributed by atoms with Crippen LogP contribution in [0.25, 0.3) is 5.57 Å². The molecule has 6 heteroatoms. The smallest absolute Gasteiger partial charge is 0.270 e. The highest BCUT2D eigenvalue weighted by atomic mass is 16.2. The van der Waals surface area contributed by atoms with Crippen molar-refractivity contribution in [3.05, 3.63) is 94.6 Å². The third kappa shape index (κ3) is 3.77. The van der Waals surface area contributed by atoms with Crippen LogP contribution in [-0.2, 0) is 24.3 Å². The van der Waals surface area contributed by atoms with Crippen molar-refractivity contribution in [1.29, 1.82) is 0 Å². The molecule has 0 saturated carbocycles. The second kappa shape index (κ2) is 7.87. The van der Waals surface area contributed by atoms with Gasteiger partial charge >= 0.3 is 0 Å². The van der Waals surface area contributed by atoms with Crippen LogP contribution in [0.1, 0.15) is 39.8 Å². The maximum absolute atomic E-state index is 12.7. The van der Waals surface area contributed by atoms with Crippen molar-refractivity contribution in [2.75, 3.05) is 6.54 Å². The highest BCUT2D eigenvalue weighted by molar-refractivity contribution is 6.05. The van der Waals surface area contributed by atoms with Crippen molar-refractivity contribution < 1.29 is 9.59 Å². The Balaban J connectivity index is 1.22. The Morgan fingerprint density at radius 1 is 1.19 bits per heavy atom. The van der Waals surface area contributed by atoms with Crippen LogP contribution in [0.4, 0.5) is 0 Å². The zero-order valence-electron chi connectivity index (χ0n) is 17.4. The third-order valence-corrected chi connectivity index (χ3v) is 6.09. The van der Waals surface area contributed by atoms with Gasteiger partial charge in [-0.25, -0.2) is 0 Å². The molecule has 2 aliphatic rings. The topological polar surface area (TPSA) is 78.1 Å². The van der Waals surface area contributed by atoms with Crippen molar-refractivity contribution in [1.82, 2.24) is 20.2 Å². The molecule has 1 atom stereocenters. The molecule has 3 aromatic rings. The zero-order valence-corrected chi connectivity index (χ0v) is 17.4. The molecule has 5 rings (SSSR count). The van der Waals surface area contributed by atoms with Gasteiger partial charge in [-0.1, -0.05) is 35.9 Å². The number of aromatic nitrogens is 2. The van der Waals surface area contributed by atoms with E-state index in [2.05, 4.69) is 21.4 Å². The summed E-state index contributed by atoms with van der Waals surface area (Å²) in [4.78, 5) is 34.7. The molecule has 0 fully saturated rings. The SMILES string of the molecule is CC1=C(c2ccccc2)C1C(=O)NCc1cnc2c(c1)CN(C(=O)c1ccc[nH]1)CC2. The Kier molecular flexibility index (Phi) is 4.90. The molecule has 6 nitrogen and oxygen atoms in total. The molecule has 156 valence electrons. The number of amides is 2. The van der Waals surface area contributed by atoms with Gasteiger partial charge in [0.05, 0.1) is 5.92 Å². The molecule has 1 aliphatic carbocycles. The van der Waals surface area contributed by atoms with Crippen LogP contribution in [0, 0.1) is 5.92 Å². The molecule has 31 heavy (non-hydrogen) atoms. The van der Waals surface area contributed by atoms with Gasteiger partial charge in [0.1, 0.15) is 5.69 Å². The van der Waals surface area contributed by atoms with Gasteiger partial charge in [0, 0.05) is 44.1 Å². The summed E-state index contributed by atoms with van der Waals surface area (Å²) >= 11 is 0. The third-order valence-electron chi connectivity index (χ3n) is 6.09. The van der Waals surface area contributed by atoms with E-state index >= 15 is 0 Å². The summed E-state index contributed by atoms with van der Waals surface area (Å²) in [5.41, 5.74) is 6.98.